The smallest absolute Gasteiger partial charge is 0.242 e. The summed E-state index contributed by atoms with van der Waals surface area (Å²) >= 11 is 1.50. The molecule has 182 valence electrons. The lowest BCUT2D eigenvalue weighted by Gasteiger charge is -2.21. The molecule has 0 saturated heterocycles. The van der Waals surface area contributed by atoms with Gasteiger partial charge in [-0.1, -0.05) is 79.9 Å². The fourth-order valence-corrected chi connectivity index (χ4v) is 5.76. The molecule has 0 aromatic heterocycles. The standard InChI is InChI=1S/C31H30N2O2S/c34-30(24-12-5-2-6-13-24)32-26-17-19-28(20-18-26)36-29(23-10-3-1-4-11-23)31(35)33-27-16-15-22-9-7-8-14-25(22)21-27/h1,3-4,7-11,14-21,24,29H,2,5-6,12-13H2,(H,32,34)(H,33,35). The van der Waals surface area contributed by atoms with Gasteiger partial charge in [0.15, 0.2) is 0 Å². The molecule has 0 radical (unpaired) electrons. The zero-order valence-electron chi connectivity index (χ0n) is 20.2. The van der Waals surface area contributed by atoms with Gasteiger partial charge in [0.25, 0.3) is 0 Å². The number of carbonyl (C=O) groups is 2. The second kappa shape index (κ2) is 11.4. The Bertz CT molecular complexity index is 1330. The summed E-state index contributed by atoms with van der Waals surface area (Å²) in [7, 11) is 0. The molecule has 1 atom stereocenters. The molecule has 1 aliphatic rings. The fraction of sp³-hybridized carbons (Fsp3) is 0.226. The van der Waals surface area contributed by atoms with Crippen LogP contribution < -0.4 is 10.6 Å². The van der Waals surface area contributed by atoms with E-state index in [9.17, 15) is 9.59 Å². The van der Waals surface area contributed by atoms with E-state index in [0.717, 1.165) is 58.3 Å². The van der Waals surface area contributed by atoms with E-state index in [1.54, 1.807) is 0 Å². The zero-order valence-corrected chi connectivity index (χ0v) is 21.0. The van der Waals surface area contributed by atoms with Crippen molar-refractivity contribution in [3.05, 3.63) is 103 Å². The highest BCUT2D eigenvalue weighted by Crippen LogP contribution is 2.37. The van der Waals surface area contributed by atoms with Gasteiger partial charge in [-0.2, -0.15) is 0 Å². The first-order valence-electron chi connectivity index (χ1n) is 12.6. The number of hydrogen-bond acceptors (Lipinski definition) is 3. The molecule has 4 nitrogen and oxygen atoms in total. The van der Waals surface area contributed by atoms with Gasteiger partial charge >= 0.3 is 0 Å². The third-order valence-electron chi connectivity index (χ3n) is 6.71. The number of carbonyl (C=O) groups excluding carboxylic acids is 2. The zero-order chi connectivity index (χ0) is 24.7. The molecule has 2 N–H and O–H groups in total. The lowest BCUT2D eigenvalue weighted by atomic mass is 9.88. The molecule has 2 amide bonds. The number of amides is 2. The number of benzene rings is 4. The van der Waals surface area contributed by atoms with Gasteiger partial charge in [-0.3, -0.25) is 9.59 Å². The quantitative estimate of drug-likeness (QED) is 0.257. The summed E-state index contributed by atoms with van der Waals surface area (Å²) in [5.41, 5.74) is 2.52. The topological polar surface area (TPSA) is 58.2 Å². The molecule has 1 saturated carbocycles. The fourth-order valence-electron chi connectivity index (χ4n) is 4.74. The largest absolute Gasteiger partial charge is 0.326 e. The summed E-state index contributed by atoms with van der Waals surface area (Å²) in [5.74, 6) is 0.164. The van der Waals surface area contributed by atoms with Crippen LogP contribution in [0.3, 0.4) is 0 Å². The summed E-state index contributed by atoms with van der Waals surface area (Å²) < 4.78 is 0. The Morgan fingerprint density at radius 2 is 1.36 bits per heavy atom. The number of rotatable bonds is 7. The minimum Gasteiger partial charge on any atom is -0.326 e. The van der Waals surface area contributed by atoms with E-state index in [4.69, 9.17) is 0 Å². The second-order valence-corrected chi connectivity index (χ2v) is 10.5. The third-order valence-corrected chi connectivity index (χ3v) is 7.98. The van der Waals surface area contributed by atoms with Gasteiger partial charge in [0.2, 0.25) is 11.8 Å². The van der Waals surface area contributed by atoms with E-state index in [0.29, 0.717) is 0 Å². The van der Waals surface area contributed by atoms with Crippen LogP contribution in [-0.2, 0) is 9.59 Å². The van der Waals surface area contributed by atoms with Crippen LogP contribution in [0, 0.1) is 5.92 Å². The van der Waals surface area contributed by atoms with Crippen molar-refractivity contribution in [2.24, 2.45) is 5.92 Å². The van der Waals surface area contributed by atoms with E-state index in [1.165, 1.54) is 18.2 Å². The molecule has 5 rings (SSSR count). The Morgan fingerprint density at radius 3 is 2.11 bits per heavy atom. The molecule has 1 aliphatic carbocycles. The average Bonchev–Trinajstić information content (AvgIpc) is 2.93. The first kappa shape index (κ1) is 24.1. The first-order chi connectivity index (χ1) is 17.7. The van der Waals surface area contributed by atoms with E-state index < -0.39 is 5.25 Å². The van der Waals surface area contributed by atoms with Crippen molar-refractivity contribution in [3.8, 4) is 0 Å². The molecule has 0 spiro atoms. The second-order valence-electron chi connectivity index (χ2n) is 9.31. The summed E-state index contributed by atoms with van der Waals surface area (Å²) in [6.07, 6.45) is 5.45. The van der Waals surface area contributed by atoms with Gasteiger partial charge in [0, 0.05) is 22.2 Å². The lowest BCUT2D eigenvalue weighted by Crippen LogP contribution is -2.24. The van der Waals surface area contributed by atoms with Crippen LogP contribution in [0.25, 0.3) is 10.8 Å². The van der Waals surface area contributed by atoms with E-state index in [2.05, 4.69) is 16.7 Å². The van der Waals surface area contributed by atoms with Gasteiger partial charge in [0.05, 0.1) is 0 Å². The van der Waals surface area contributed by atoms with Crippen LogP contribution in [0.15, 0.2) is 102 Å². The first-order valence-corrected chi connectivity index (χ1v) is 13.5. The predicted octanol–water partition coefficient (Wildman–Crippen LogP) is 7.83. The molecule has 5 heteroatoms. The number of fused-ring (bicyclic) bond motifs is 1. The Hall–Kier alpha value is -3.57. The molecule has 0 bridgehead atoms. The van der Waals surface area contributed by atoms with Crippen LogP contribution in [0.2, 0.25) is 0 Å². The van der Waals surface area contributed by atoms with Crippen LogP contribution in [-0.4, -0.2) is 11.8 Å². The van der Waals surface area contributed by atoms with Crippen molar-refractivity contribution in [1.29, 1.82) is 0 Å². The summed E-state index contributed by atoms with van der Waals surface area (Å²) in [5, 5.41) is 7.99. The Kier molecular flexibility index (Phi) is 7.67. The maximum absolute atomic E-state index is 13.5. The van der Waals surface area contributed by atoms with Crippen molar-refractivity contribution in [3.63, 3.8) is 0 Å². The number of hydrogen-bond donors (Lipinski definition) is 2. The molecule has 4 aromatic rings. The molecule has 1 unspecified atom stereocenters. The van der Waals surface area contributed by atoms with Crippen LogP contribution >= 0.6 is 11.8 Å². The minimum atomic E-state index is -0.416. The van der Waals surface area contributed by atoms with Crippen molar-refractivity contribution in [2.75, 3.05) is 10.6 Å². The van der Waals surface area contributed by atoms with Crippen LogP contribution in [0.4, 0.5) is 11.4 Å². The predicted molar refractivity (Wildman–Crippen MR) is 149 cm³/mol. The molecule has 0 aliphatic heterocycles. The Labute approximate surface area is 216 Å². The highest BCUT2D eigenvalue weighted by atomic mass is 32.2. The molecule has 0 heterocycles. The summed E-state index contributed by atoms with van der Waals surface area (Å²) in [4.78, 5) is 27.0. The maximum atomic E-state index is 13.5. The van der Waals surface area contributed by atoms with Gasteiger partial charge in [-0.05, 0) is 65.6 Å². The van der Waals surface area contributed by atoms with Crippen LogP contribution in [0.1, 0.15) is 42.9 Å². The highest BCUT2D eigenvalue weighted by Gasteiger charge is 2.23. The van der Waals surface area contributed by atoms with E-state index in [1.807, 2.05) is 91.0 Å². The van der Waals surface area contributed by atoms with Gasteiger partial charge in [-0.15, -0.1) is 11.8 Å². The summed E-state index contributed by atoms with van der Waals surface area (Å²) in [6, 6.07) is 31.7. The maximum Gasteiger partial charge on any atom is 0.242 e. The van der Waals surface area contributed by atoms with Crippen molar-refractivity contribution >= 4 is 45.7 Å². The minimum absolute atomic E-state index is 0.0730. The number of anilines is 2. The molecular weight excluding hydrogens is 464 g/mol. The molecule has 4 aromatic carbocycles. The van der Waals surface area contributed by atoms with Crippen molar-refractivity contribution in [2.45, 2.75) is 42.2 Å². The molecule has 36 heavy (non-hydrogen) atoms. The molecular formula is C31H30N2O2S. The Morgan fingerprint density at radius 1 is 0.694 bits per heavy atom. The van der Waals surface area contributed by atoms with Gasteiger partial charge < -0.3 is 10.6 Å². The average molecular weight is 495 g/mol. The van der Waals surface area contributed by atoms with E-state index >= 15 is 0 Å². The van der Waals surface area contributed by atoms with Crippen LogP contribution in [0.5, 0.6) is 0 Å². The number of thioether (sulfide) groups is 1. The van der Waals surface area contributed by atoms with Crippen molar-refractivity contribution in [1.82, 2.24) is 0 Å². The SMILES string of the molecule is O=C(Nc1ccc(SC(C(=O)Nc2ccc3ccccc3c2)c2ccccc2)cc1)C1CCCCC1. The highest BCUT2D eigenvalue weighted by molar-refractivity contribution is 8.00. The van der Waals surface area contributed by atoms with Gasteiger partial charge in [0.1, 0.15) is 5.25 Å². The van der Waals surface area contributed by atoms with Crippen molar-refractivity contribution < 1.29 is 9.59 Å². The number of nitrogens with one attached hydrogen (secondary N) is 2. The normalized spacial score (nSPS) is 14.8. The Balaban J connectivity index is 1.30. The van der Waals surface area contributed by atoms with Gasteiger partial charge in [-0.25, -0.2) is 0 Å². The van der Waals surface area contributed by atoms with E-state index in [-0.39, 0.29) is 17.7 Å². The summed E-state index contributed by atoms with van der Waals surface area (Å²) in [6.45, 7) is 0. The lowest BCUT2D eigenvalue weighted by molar-refractivity contribution is -0.120. The third kappa shape index (κ3) is 5.97. The molecule has 1 fully saturated rings. The monoisotopic (exact) mass is 494 g/mol.